The van der Waals surface area contributed by atoms with E-state index in [9.17, 15) is 4.79 Å². The van der Waals surface area contributed by atoms with Crippen LogP contribution in [-0.4, -0.2) is 34.1 Å². The molecule has 7 heteroatoms. The zero-order valence-corrected chi connectivity index (χ0v) is 12.6. The zero-order chi connectivity index (χ0) is 15.9. The molecule has 0 saturated heterocycles. The summed E-state index contributed by atoms with van der Waals surface area (Å²) >= 11 is 0. The molecule has 7 nitrogen and oxygen atoms in total. The van der Waals surface area contributed by atoms with E-state index in [1.54, 1.807) is 6.07 Å². The Morgan fingerprint density at radius 2 is 2.14 bits per heavy atom. The summed E-state index contributed by atoms with van der Waals surface area (Å²) in [4.78, 5) is 23.5. The molecule has 1 atom stereocenters. The predicted octanol–water partition coefficient (Wildman–Crippen LogP) is 1.67. The summed E-state index contributed by atoms with van der Waals surface area (Å²) in [5, 5.41) is 3.16. The SMILES string of the molecule is COC(=O)c1ccccc1CCC(C)Nc1ncnc(N)n1. The van der Waals surface area contributed by atoms with E-state index in [-0.39, 0.29) is 18.0 Å². The van der Waals surface area contributed by atoms with Gasteiger partial charge in [-0.15, -0.1) is 0 Å². The van der Waals surface area contributed by atoms with Gasteiger partial charge in [0.2, 0.25) is 11.9 Å². The first kappa shape index (κ1) is 15.7. The fourth-order valence-corrected chi connectivity index (χ4v) is 2.09. The lowest BCUT2D eigenvalue weighted by molar-refractivity contribution is 0.0599. The van der Waals surface area contributed by atoms with Gasteiger partial charge >= 0.3 is 5.97 Å². The van der Waals surface area contributed by atoms with Crippen LogP contribution >= 0.6 is 0 Å². The molecule has 1 aromatic heterocycles. The Kier molecular flexibility index (Phi) is 5.24. The summed E-state index contributed by atoms with van der Waals surface area (Å²) in [6, 6.07) is 7.55. The largest absolute Gasteiger partial charge is 0.465 e. The number of nitrogens with one attached hydrogen (secondary N) is 1. The van der Waals surface area contributed by atoms with Crippen molar-refractivity contribution in [1.82, 2.24) is 15.0 Å². The van der Waals surface area contributed by atoms with Crippen molar-refractivity contribution in [3.8, 4) is 0 Å². The molecule has 1 unspecified atom stereocenters. The number of aryl methyl sites for hydroxylation is 1. The molecule has 0 fully saturated rings. The molecule has 22 heavy (non-hydrogen) atoms. The first-order valence-electron chi connectivity index (χ1n) is 6.97. The quantitative estimate of drug-likeness (QED) is 0.782. The van der Waals surface area contributed by atoms with Crippen LogP contribution in [0.25, 0.3) is 0 Å². The standard InChI is InChI=1S/C15H19N5O2/c1-10(19-15-18-9-17-14(16)20-15)7-8-11-5-3-4-6-12(11)13(21)22-2/h3-6,9-10H,7-8H2,1-2H3,(H3,16,17,18,19,20). The maximum Gasteiger partial charge on any atom is 0.338 e. The summed E-state index contributed by atoms with van der Waals surface area (Å²) in [5.74, 6) is 0.309. The van der Waals surface area contributed by atoms with Gasteiger partial charge in [-0.05, 0) is 31.4 Å². The lowest BCUT2D eigenvalue weighted by atomic mass is 10.0. The highest BCUT2D eigenvalue weighted by Gasteiger charge is 2.12. The number of ether oxygens (including phenoxy) is 1. The number of rotatable bonds is 6. The molecule has 0 radical (unpaired) electrons. The van der Waals surface area contributed by atoms with Gasteiger partial charge < -0.3 is 15.8 Å². The summed E-state index contributed by atoms with van der Waals surface area (Å²) in [6.45, 7) is 2.01. The molecular formula is C15H19N5O2. The van der Waals surface area contributed by atoms with Crippen molar-refractivity contribution in [3.63, 3.8) is 0 Å². The highest BCUT2D eigenvalue weighted by Crippen LogP contribution is 2.14. The lowest BCUT2D eigenvalue weighted by Crippen LogP contribution is -2.19. The normalized spacial score (nSPS) is 11.7. The number of nitrogen functional groups attached to an aromatic ring is 1. The number of esters is 1. The Morgan fingerprint density at radius 1 is 1.36 bits per heavy atom. The Balaban J connectivity index is 1.97. The fourth-order valence-electron chi connectivity index (χ4n) is 2.09. The number of anilines is 2. The van der Waals surface area contributed by atoms with Crippen LogP contribution in [-0.2, 0) is 11.2 Å². The summed E-state index contributed by atoms with van der Waals surface area (Å²) in [6.07, 6.45) is 2.91. The Hall–Kier alpha value is -2.70. The molecule has 0 amide bonds. The minimum atomic E-state index is -0.318. The van der Waals surface area contributed by atoms with E-state index in [0.717, 1.165) is 18.4 Å². The van der Waals surface area contributed by atoms with E-state index in [1.807, 2.05) is 25.1 Å². The number of hydrogen-bond donors (Lipinski definition) is 2. The molecule has 116 valence electrons. The number of benzene rings is 1. The minimum absolute atomic E-state index is 0.118. The fraction of sp³-hybridized carbons (Fsp3) is 0.333. The van der Waals surface area contributed by atoms with Crippen molar-refractivity contribution >= 4 is 17.9 Å². The van der Waals surface area contributed by atoms with Crippen LogP contribution in [0.4, 0.5) is 11.9 Å². The van der Waals surface area contributed by atoms with Gasteiger partial charge in [0, 0.05) is 6.04 Å². The molecule has 0 saturated carbocycles. The van der Waals surface area contributed by atoms with Crippen LogP contribution in [0, 0.1) is 0 Å². The Bertz CT molecular complexity index is 647. The second kappa shape index (κ2) is 7.35. The summed E-state index contributed by atoms with van der Waals surface area (Å²) < 4.78 is 4.80. The van der Waals surface area contributed by atoms with Crippen molar-refractivity contribution < 1.29 is 9.53 Å². The Labute approximate surface area is 129 Å². The minimum Gasteiger partial charge on any atom is -0.465 e. The van der Waals surface area contributed by atoms with E-state index in [0.29, 0.717) is 11.5 Å². The van der Waals surface area contributed by atoms with Crippen molar-refractivity contribution in [2.45, 2.75) is 25.8 Å². The third kappa shape index (κ3) is 4.15. The second-order valence-electron chi connectivity index (χ2n) is 4.90. The van der Waals surface area contributed by atoms with E-state index >= 15 is 0 Å². The first-order chi connectivity index (χ1) is 10.6. The van der Waals surface area contributed by atoms with Gasteiger partial charge in [0.05, 0.1) is 12.7 Å². The van der Waals surface area contributed by atoms with Gasteiger partial charge in [-0.3, -0.25) is 0 Å². The number of nitrogens with zero attached hydrogens (tertiary/aromatic N) is 3. The third-order valence-electron chi connectivity index (χ3n) is 3.24. The average molecular weight is 301 g/mol. The van der Waals surface area contributed by atoms with Crippen molar-refractivity contribution in [1.29, 1.82) is 0 Å². The van der Waals surface area contributed by atoms with Crippen molar-refractivity contribution in [2.75, 3.05) is 18.2 Å². The highest BCUT2D eigenvalue weighted by molar-refractivity contribution is 5.90. The maximum atomic E-state index is 11.7. The van der Waals surface area contributed by atoms with E-state index in [1.165, 1.54) is 13.4 Å². The zero-order valence-electron chi connectivity index (χ0n) is 12.6. The second-order valence-corrected chi connectivity index (χ2v) is 4.90. The number of hydrogen-bond acceptors (Lipinski definition) is 7. The molecule has 0 aliphatic carbocycles. The molecule has 0 spiro atoms. The van der Waals surface area contributed by atoms with Crippen LogP contribution in [0.15, 0.2) is 30.6 Å². The molecule has 1 heterocycles. The van der Waals surface area contributed by atoms with Gasteiger partial charge in [0.1, 0.15) is 6.33 Å². The van der Waals surface area contributed by atoms with E-state index in [2.05, 4.69) is 20.3 Å². The third-order valence-corrected chi connectivity index (χ3v) is 3.24. The molecule has 3 N–H and O–H groups in total. The van der Waals surface area contributed by atoms with Gasteiger partial charge in [0.15, 0.2) is 0 Å². The molecule has 0 aliphatic rings. The average Bonchev–Trinajstić information content (AvgIpc) is 2.52. The molecule has 2 aromatic rings. The van der Waals surface area contributed by atoms with Crippen molar-refractivity contribution in [2.24, 2.45) is 0 Å². The van der Waals surface area contributed by atoms with Gasteiger partial charge in [0.25, 0.3) is 0 Å². The number of nitrogens with two attached hydrogens (primary N) is 1. The molecule has 0 bridgehead atoms. The molecule has 2 rings (SSSR count). The van der Waals surface area contributed by atoms with Crippen LogP contribution in [0.1, 0.15) is 29.3 Å². The first-order valence-corrected chi connectivity index (χ1v) is 6.97. The predicted molar refractivity (Wildman–Crippen MR) is 83.4 cm³/mol. The number of carbonyl (C=O) groups excluding carboxylic acids is 1. The van der Waals surface area contributed by atoms with E-state index < -0.39 is 0 Å². The smallest absolute Gasteiger partial charge is 0.338 e. The van der Waals surface area contributed by atoms with Gasteiger partial charge in [-0.1, -0.05) is 18.2 Å². The molecule has 1 aromatic carbocycles. The lowest BCUT2D eigenvalue weighted by Gasteiger charge is -2.14. The van der Waals surface area contributed by atoms with Crippen LogP contribution in [0.3, 0.4) is 0 Å². The van der Waals surface area contributed by atoms with Crippen LogP contribution in [0.2, 0.25) is 0 Å². The monoisotopic (exact) mass is 301 g/mol. The van der Waals surface area contributed by atoms with Gasteiger partial charge in [-0.2, -0.15) is 4.98 Å². The van der Waals surface area contributed by atoms with Crippen molar-refractivity contribution in [3.05, 3.63) is 41.7 Å². The Morgan fingerprint density at radius 3 is 2.86 bits per heavy atom. The van der Waals surface area contributed by atoms with Gasteiger partial charge in [-0.25, -0.2) is 14.8 Å². The number of aromatic nitrogens is 3. The maximum absolute atomic E-state index is 11.7. The molecular weight excluding hydrogens is 282 g/mol. The topological polar surface area (TPSA) is 103 Å². The van der Waals surface area contributed by atoms with E-state index in [4.69, 9.17) is 10.5 Å². The number of carbonyl (C=O) groups is 1. The van der Waals surface area contributed by atoms with Crippen LogP contribution in [0.5, 0.6) is 0 Å². The summed E-state index contributed by atoms with van der Waals surface area (Å²) in [5.41, 5.74) is 7.07. The number of methoxy groups -OCH3 is 1. The highest BCUT2D eigenvalue weighted by atomic mass is 16.5. The summed E-state index contributed by atoms with van der Waals surface area (Å²) in [7, 11) is 1.38. The molecule has 0 aliphatic heterocycles. The van der Waals surface area contributed by atoms with Crippen LogP contribution < -0.4 is 11.1 Å².